The minimum Gasteiger partial charge on any atom is -0.464 e. The van der Waals surface area contributed by atoms with Crippen molar-refractivity contribution in [2.75, 3.05) is 7.05 Å². The van der Waals surface area contributed by atoms with Crippen LogP contribution < -0.4 is 5.32 Å². The minimum absolute atomic E-state index is 0.0817. The predicted molar refractivity (Wildman–Crippen MR) is 120 cm³/mol. The summed E-state index contributed by atoms with van der Waals surface area (Å²) in [4.78, 5) is 15.7. The van der Waals surface area contributed by atoms with E-state index in [2.05, 4.69) is 15.5 Å². The van der Waals surface area contributed by atoms with Crippen LogP contribution in [0.15, 0.2) is 58.5 Å². The zero-order valence-corrected chi connectivity index (χ0v) is 18.2. The summed E-state index contributed by atoms with van der Waals surface area (Å²) in [5.74, 6) is -0.557. The first-order valence-electron chi connectivity index (χ1n) is 9.88. The Kier molecular flexibility index (Phi) is 4.40. The monoisotopic (exact) mass is 431 g/mol. The van der Waals surface area contributed by atoms with Crippen molar-refractivity contribution in [3.8, 4) is 11.3 Å². The van der Waals surface area contributed by atoms with Gasteiger partial charge in [0, 0.05) is 28.3 Å². The Morgan fingerprint density at radius 2 is 2.03 bits per heavy atom. The molecule has 1 unspecified atom stereocenters. The molecule has 2 atom stereocenters. The van der Waals surface area contributed by atoms with Crippen LogP contribution in [0.3, 0.4) is 0 Å². The minimum atomic E-state index is -0.793. The summed E-state index contributed by atoms with van der Waals surface area (Å²) in [5, 5.41) is 23.0. The molecule has 5 rings (SSSR count). The fourth-order valence-corrected chi connectivity index (χ4v) is 5.14. The lowest BCUT2D eigenvalue weighted by Gasteiger charge is -2.45. The highest BCUT2D eigenvalue weighted by molar-refractivity contribution is 7.10. The normalized spacial score (nSPS) is 21.5. The third-order valence-corrected chi connectivity index (χ3v) is 7.05. The number of hydrogen-bond acceptors (Lipinski definition) is 6. The molecule has 4 aromatic rings. The molecule has 1 aromatic carbocycles. The molecule has 0 aliphatic carbocycles. The summed E-state index contributed by atoms with van der Waals surface area (Å²) in [6.07, 6.45) is 1.64. The molecule has 8 heteroatoms. The summed E-state index contributed by atoms with van der Waals surface area (Å²) in [6, 6.07) is 13.6. The van der Waals surface area contributed by atoms with Gasteiger partial charge in [-0.15, -0.1) is 11.3 Å². The SMILES string of the molecule is Cc1ccc(-c2csc([C@@]3(C)NC(=N)N(C)C(=O)C3c3ccc4occc4c3)c2)nn1. The van der Waals surface area contributed by atoms with Crippen LogP contribution in [0.4, 0.5) is 0 Å². The Morgan fingerprint density at radius 1 is 1.19 bits per heavy atom. The number of aromatic nitrogens is 2. The molecular weight excluding hydrogens is 410 g/mol. The van der Waals surface area contributed by atoms with E-state index in [1.54, 1.807) is 24.6 Å². The Labute approximate surface area is 183 Å². The van der Waals surface area contributed by atoms with Gasteiger partial charge >= 0.3 is 0 Å². The first kappa shape index (κ1) is 19.4. The van der Waals surface area contributed by atoms with Crippen molar-refractivity contribution in [1.82, 2.24) is 20.4 Å². The standard InChI is InChI=1S/C23H21N5O2S/c1-13-4-6-17(27-26-13)16-11-19(31-12-16)23(2)20(21(29)28(3)22(24)25-23)15-5-7-18-14(10-15)8-9-30-18/h4-12,20H,1-3H3,(H2,24,25)/t20?,23-/m1/s1. The Morgan fingerprint density at radius 3 is 2.81 bits per heavy atom. The van der Waals surface area contributed by atoms with Crippen molar-refractivity contribution < 1.29 is 9.21 Å². The van der Waals surface area contributed by atoms with Gasteiger partial charge in [0.05, 0.1) is 29.1 Å². The molecule has 31 heavy (non-hydrogen) atoms. The van der Waals surface area contributed by atoms with E-state index < -0.39 is 11.5 Å². The maximum atomic E-state index is 13.4. The summed E-state index contributed by atoms with van der Waals surface area (Å²) >= 11 is 1.55. The third-order valence-electron chi connectivity index (χ3n) is 5.88. The van der Waals surface area contributed by atoms with Crippen LogP contribution in [0.5, 0.6) is 0 Å². The number of carbonyl (C=O) groups is 1. The van der Waals surface area contributed by atoms with Crippen LogP contribution in [0, 0.1) is 12.3 Å². The number of aryl methyl sites for hydroxylation is 1. The highest BCUT2D eigenvalue weighted by Crippen LogP contribution is 2.44. The molecule has 1 aliphatic rings. The van der Waals surface area contributed by atoms with Gasteiger partial charge in [0.25, 0.3) is 0 Å². The van der Waals surface area contributed by atoms with Crippen LogP contribution in [0.2, 0.25) is 0 Å². The maximum absolute atomic E-state index is 13.4. The van der Waals surface area contributed by atoms with Crippen molar-refractivity contribution in [2.24, 2.45) is 0 Å². The van der Waals surface area contributed by atoms with Crippen LogP contribution in [-0.2, 0) is 10.3 Å². The Hall–Kier alpha value is -3.52. The number of nitrogens with one attached hydrogen (secondary N) is 2. The molecular formula is C23H21N5O2S. The molecule has 1 fully saturated rings. The molecule has 0 bridgehead atoms. The van der Waals surface area contributed by atoms with Crippen molar-refractivity contribution in [3.63, 3.8) is 0 Å². The maximum Gasteiger partial charge on any atom is 0.239 e. The van der Waals surface area contributed by atoms with Crippen LogP contribution in [0.25, 0.3) is 22.2 Å². The number of likely N-dealkylation sites (N-methyl/N-ethyl adjacent to an activating group) is 1. The molecule has 0 radical (unpaired) electrons. The number of rotatable bonds is 3. The molecule has 7 nitrogen and oxygen atoms in total. The fourth-order valence-electron chi connectivity index (χ4n) is 4.09. The molecule has 1 amide bonds. The van der Waals surface area contributed by atoms with Crippen molar-refractivity contribution in [3.05, 3.63) is 70.2 Å². The van der Waals surface area contributed by atoms with E-state index in [4.69, 9.17) is 9.83 Å². The molecule has 1 aliphatic heterocycles. The highest BCUT2D eigenvalue weighted by atomic mass is 32.1. The number of thiophene rings is 1. The summed E-state index contributed by atoms with van der Waals surface area (Å²) in [5.41, 5.74) is 3.44. The van der Waals surface area contributed by atoms with E-state index in [1.807, 2.05) is 61.7 Å². The molecule has 3 aromatic heterocycles. The van der Waals surface area contributed by atoms with E-state index in [0.29, 0.717) is 0 Å². The van der Waals surface area contributed by atoms with Crippen molar-refractivity contribution in [1.29, 1.82) is 5.41 Å². The number of nitrogens with zero attached hydrogens (tertiary/aromatic N) is 3. The largest absolute Gasteiger partial charge is 0.464 e. The lowest BCUT2D eigenvalue weighted by Crippen LogP contribution is -2.62. The number of guanidine groups is 1. The number of amides is 1. The van der Waals surface area contributed by atoms with Crippen LogP contribution >= 0.6 is 11.3 Å². The quantitative estimate of drug-likeness (QED) is 0.505. The number of benzene rings is 1. The molecule has 1 saturated heterocycles. The third kappa shape index (κ3) is 3.11. The lowest BCUT2D eigenvalue weighted by molar-refractivity contribution is -0.131. The van der Waals surface area contributed by atoms with Crippen LogP contribution in [0.1, 0.15) is 29.0 Å². The first-order valence-corrected chi connectivity index (χ1v) is 10.8. The second kappa shape index (κ2) is 7.02. The average Bonchev–Trinajstić information content (AvgIpc) is 3.42. The smallest absolute Gasteiger partial charge is 0.239 e. The van der Waals surface area contributed by atoms with E-state index in [1.165, 1.54) is 4.90 Å². The number of furan rings is 1. The van der Waals surface area contributed by atoms with Gasteiger partial charge in [-0.1, -0.05) is 6.07 Å². The lowest BCUT2D eigenvalue weighted by atomic mass is 9.76. The summed E-state index contributed by atoms with van der Waals surface area (Å²) in [6.45, 7) is 3.88. The number of fused-ring (bicyclic) bond motifs is 1. The second-order valence-corrected chi connectivity index (χ2v) is 8.89. The fraction of sp³-hybridized carbons (Fsp3) is 0.217. The summed E-state index contributed by atoms with van der Waals surface area (Å²) < 4.78 is 5.47. The average molecular weight is 432 g/mol. The Bertz CT molecular complexity index is 1310. The van der Waals surface area contributed by atoms with Crippen molar-refractivity contribution in [2.45, 2.75) is 25.3 Å². The van der Waals surface area contributed by atoms with E-state index in [0.717, 1.165) is 38.4 Å². The van der Waals surface area contributed by atoms with Crippen molar-refractivity contribution >= 4 is 34.2 Å². The van der Waals surface area contributed by atoms with Gasteiger partial charge in [-0.05, 0) is 55.8 Å². The first-order chi connectivity index (χ1) is 14.9. The molecule has 0 spiro atoms. The van der Waals surface area contributed by atoms with E-state index in [-0.39, 0.29) is 11.9 Å². The van der Waals surface area contributed by atoms with Gasteiger partial charge in [0.15, 0.2) is 5.96 Å². The topological polar surface area (TPSA) is 95.1 Å². The molecule has 4 heterocycles. The number of hydrogen-bond donors (Lipinski definition) is 2. The van der Waals surface area contributed by atoms with Gasteiger partial charge in [0.1, 0.15) is 5.58 Å². The van der Waals surface area contributed by atoms with Gasteiger partial charge in [0.2, 0.25) is 5.91 Å². The van der Waals surface area contributed by atoms with Gasteiger partial charge in [-0.25, -0.2) is 0 Å². The van der Waals surface area contributed by atoms with E-state index >= 15 is 0 Å². The zero-order valence-electron chi connectivity index (χ0n) is 17.3. The predicted octanol–water partition coefficient (Wildman–Crippen LogP) is 4.26. The number of carbonyl (C=O) groups excluding carboxylic acids is 1. The molecule has 2 N–H and O–H groups in total. The van der Waals surface area contributed by atoms with Crippen LogP contribution in [-0.4, -0.2) is 34.0 Å². The van der Waals surface area contributed by atoms with Gasteiger partial charge < -0.3 is 9.73 Å². The molecule has 156 valence electrons. The summed E-state index contributed by atoms with van der Waals surface area (Å²) in [7, 11) is 1.63. The van der Waals surface area contributed by atoms with E-state index in [9.17, 15) is 4.79 Å². The molecule has 0 saturated carbocycles. The van der Waals surface area contributed by atoms with Gasteiger partial charge in [-0.3, -0.25) is 15.1 Å². The van der Waals surface area contributed by atoms with Gasteiger partial charge in [-0.2, -0.15) is 10.2 Å². The Balaban J connectivity index is 1.62. The second-order valence-electron chi connectivity index (χ2n) is 7.98. The zero-order chi connectivity index (χ0) is 21.8. The highest BCUT2D eigenvalue weighted by Gasteiger charge is 2.49.